The fourth-order valence-corrected chi connectivity index (χ4v) is 2.05. The van der Waals surface area contributed by atoms with Gasteiger partial charge in [0, 0.05) is 23.1 Å². The predicted molar refractivity (Wildman–Crippen MR) is 77.8 cm³/mol. The van der Waals surface area contributed by atoms with E-state index in [1.54, 1.807) is 41.2 Å². The molecule has 0 bridgehead atoms. The Morgan fingerprint density at radius 3 is 2.11 bits per heavy atom. The summed E-state index contributed by atoms with van der Waals surface area (Å²) in [5, 5.41) is 5.53. The first-order valence-corrected chi connectivity index (χ1v) is 6.24. The van der Waals surface area contributed by atoms with E-state index in [0.717, 1.165) is 10.8 Å². The molecule has 1 aromatic heterocycles. The lowest BCUT2D eigenvalue weighted by molar-refractivity contribution is 0.253. The van der Waals surface area contributed by atoms with E-state index in [2.05, 4.69) is 5.32 Å². The van der Waals surface area contributed by atoms with Crippen molar-refractivity contribution < 1.29 is 4.79 Å². The highest BCUT2D eigenvalue weighted by molar-refractivity contribution is 6.30. The lowest BCUT2D eigenvalue weighted by Crippen LogP contribution is -2.17. The summed E-state index contributed by atoms with van der Waals surface area (Å²) in [5.41, 5.74) is 0.715. The van der Waals surface area contributed by atoms with E-state index in [0.29, 0.717) is 10.7 Å². The van der Waals surface area contributed by atoms with Crippen molar-refractivity contribution in [2.45, 2.75) is 0 Å². The van der Waals surface area contributed by atoms with Gasteiger partial charge in [0.05, 0.1) is 0 Å². The number of halogens is 1. The van der Waals surface area contributed by atoms with Crippen LogP contribution < -0.4 is 5.32 Å². The maximum absolute atomic E-state index is 12.1. The number of rotatable bonds is 1. The second kappa shape index (κ2) is 4.78. The zero-order valence-corrected chi connectivity index (χ0v) is 10.8. The summed E-state index contributed by atoms with van der Waals surface area (Å²) in [6.45, 7) is 0. The van der Waals surface area contributed by atoms with Gasteiger partial charge in [0.15, 0.2) is 0 Å². The molecule has 0 saturated carbocycles. The average Bonchev–Trinajstić information content (AvgIpc) is 2.85. The van der Waals surface area contributed by atoms with Gasteiger partial charge in [0.1, 0.15) is 0 Å². The van der Waals surface area contributed by atoms with Gasteiger partial charge in [-0.15, -0.1) is 0 Å². The third-order valence-corrected chi connectivity index (χ3v) is 3.13. The van der Waals surface area contributed by atoms with Gasteiger partial charge in [-0.05, 0) is 35.0 Å². The molecular weight excluding hydrogens is 260 g/mol. The quantitative estimate of drug-likeness (QED) is 0.700. The molecular formula is C15H11ClN2O. The highest BCUT2D eigenvalue weighted by Gasteiger charge is 2.06. The third kappa shape index (κ3) is 2.46. The number of carbonyl (C=O) groups is 1. The maximum Gasteiger partial charge on any atom is 0.329 e. The fourth-order valence-electron chi connectivity index (χ4n) is 1.92. The van der Waals surface area contributed by atoms with Crippen molar-refractivity contribution in [1.82, 2.24) is 4.57 Å². The number of amides is 1. The molecule has 0 spiro atoms. The molecule has 3 aromatic rings. The van der Waals surface area contributed by atoms with Crippen molar-refractivity contribution in [3.63, 3.8) is 0 Å². The highest BCUT2D eigenvalue weighted by atomic mass is 35.5. The molecule has 0 fully saturated rings. The van der Waals surface area contributed by atoms with E-state index in [9.17, 15) is 4.79 Å². The Balaban J connectivity index is 1.85. The number of anilines is 1. The molecule has 3 nitrogen and oxygen atoms in total. The van der Waals surface area contributed by atoms with Crippen LogP contribution in [-0.2, 0) is 0 Å². The summed E-state index contributed by atoms with van der Waals surface area (Å²) >= 11 is 5.80. The largest absolute Gasteiger partial charge is 0.329 e. The lowest BCUT2D eigenvalue weighted by Gasteiger charge is -2.05. The zero-order chi connectivity index (χ0) is 13.2. The number of fused-ring (bicyclic) bond motifs is 1. The summed E-state index contributed by atoms with van der Waals surface area (Å²) in [6.07, 6.45) is 3.61. The molecule has 0 unspecified atom stereocenters. The first-order chi connectivity index (χ1) is 9.22. The summed E-state index contributed by atoms with van der Waals surface area (Å²) in [5.74, 6) is 0. The summed E-state index contributed by atoms with van der Waals surface area (Å²) in [4.78, 5) is 12.1. The molecule has 19 heavy (non-hydrogen) atoms. The van der Waals surface area contributed by atoms with Crippen molar-refractivity contribution in [3.8, 4) is 0 Å². The average molecular weight is 271 g/mol. The molecule has 0 radical (unpaired) electrons. The number of nitrogens with zero attached hydrogens (tertiary/aromatic N) is 1. The Morgan fingerprint density at radius 2 is 1.53 bits per heavy atom. The van der Waals surface area contributed by atoms with Gasteiger partial charge in [0.2, 0.25) is 0 Å². The molecule has 3 rings (SSSR count). The van der Waals surface area contributed by atoms with Crippen LogP contribution in [0.3, 0.4) is 0 Å². The van der Waals surface area contributed by atoms with Crippen LogP contribution in [0.1, 0.15) is 0 Å². The van der Waals surface area contributed by atoms with Crippen LogP contribution >= 0.6 is 11.6 Å². The molecule has 0 atom stereocenters. The predicted octanol–water partition coefficient (Wildman–Crippen LogP) is 4.37. The van der Waals surface area contributed by atoms with Crippen molar-refractivity contribution in [2.24, 2.45) is 0 Å². The lowest BCUT2D eigenvalue weighted by atomic mass is 10.2. The SMILES string of the molecule is O=C(Nc1ccc(Cl)cc1)n1cc2ccccc2c1. The standard InChI is InChI=1S/C15H11ClN2O/c16-13-5-7-14(8-6-13)17-15(19)18-9-11-3-1-2-4-12(11)10-18/h1-10H,(H,17,19). The summed E-state index contributed by atoms with van der Waals surface area (Å²) < 4.78 is 1.54. The van der Waals surface area contributed by atoms with E-state index in [4.69, 9.17) is 11.6 Å². The first-order valence-electron chi connectivity index (χ1n) is 5.86. The second-order valence-electron chi connectivity index (χ2n) is 4.23. The maximum atomic E-state index is 12.1. The molecule has 1 N–H and O–H groups in total. The summed E-state index contributed by atoms with van der Waals surface area (Å²) in [6, 6.07) is 14.7. The van der Waals surface area contributed by atoms with Crippen LogP contribution in [0.25, 0.3) is 10.8 Å². The Bertz CT molecular complexity index is 698. The van der Waals surface area contributed by atoms with Crippen LogP contribution in [0.4, 0.5) is 10.5 Å². The van der Waals surface area contributed by atoms with Gasteiger partial charge in [0.25, 0.3) is 0 Å². The van der Waals surface area contributed by atoms with Gasteiger partial charge in [-0.3, -0.25) is 4.57 Å². The number of nitrogens with one attached hydrogen (secondary N) is 1. The van der Waals surface area contributed by atoms with Crippen LogP contribution in [0.5, 0.6) is 0 Å². The van der Waals surface area contributed by atoms with Crippen molar-refractivity contribution in [3.05, 3.63) is 65.9 Å². The van der Waals surface area contributed by atoms with E-state index < -0.39 is 0 Å². The highest BCUT2D eigenvalue weighted by Crippen LogP contribution is 2.16. The molecule has 0 aliphatic carbocycles. The molecule has 0 aliphatic heterocycles. The van der Waals surface area contributed by atoms with Gasteiger partial charge < -0.3 is 5.32 Å². The number of benzene rings is 2. The molecule has 1 amide bonds. The minimum Gasteiger partial charge on any atom is -0.307 e. The van der Waals surface area contributed by atoms with E-state index >= 15 is 0 Å². The second-order valence-corrected chi connectivity index (χ2v) is 4.67. The Hall–Kier alpha value is -2.26. The van der Waals surface area contributed by atoms with E-state index in [1.165, 1.54) is 0 Å². The van der Waals surface area contributed by atoms with Crippen molar-refractivity contribution in [1.29, 1.82) is 0 Å². The van der Waals surface area contributed by atoms with Crippen LogP contribution in [0, 0.1) is 0 Å². The summed E-state index contributed by atoms with van der Waals surface area (Å²) in [7, 11) is 0. The third-order valence-electron chi connectivity index (χ3n) is 2.88. The van der Waals surface area contributed by atoms with Crippen LogP contribution in [0.2, 0.25) is 5.02 Å². The number of hydrogen-bond donors (Lipinski definition) is 1. The molecule has 0 aliphatic rings. The molecule has 2 aromatic carbocycles. The Kier molecular flexibility index (Phi) is 2.97. The van der Waals surface area contributed by atoms with Gasteiger partial charge in [-0.1, -0.05) is 35.9 Å². The Labute approximate surface area is 115 Å². The van der Waals surface area contributed by atoms with Gasteiger partial charge in [-0.2, -0.15) is 0 Å². The van der Waals surface area contributed by atoms with Crippen LogP contribution in [-0.4, -0.2) is 10.6 Å². The van der Waals surface area contributed by atoms with E-state index in [-0.39, 0.29) is 6.03 Å². The first kappa shape index (κ1) is 11.8. The number of carbonyl (C=O) groups excluding carboxylic acids is 1. The Morgan fingerprint density at radius 1 is 0.947 bits per heavy atom. The number of hydrogen-bond acceptors (Lipinski definition) is 1. The van der Waals surface area contributed by atoms with Crippen LogP contribution in [0.15, 0.2) is 60.9 Å². The van der Waals surface area contributed by atoms with E-state index in [1.807, 2.05) is 24.3 Å². The van der Waals surface area contributed by atoms with Gasteiger partial charge >= 0.3 is 6.03 Å². The monoisotopic (exact) mass is 270 g/mol. The molecule has 1 heterocycles. The van der Waals surface area contributed by atoms with Crippen molar-refractivity contribution >= 4 is 34.1 Å². The normalized spacial score (nSPS) is 10.6. The van der Waals surface area contributed by atoms with Crippen molar-refractivity contribution in [2.75, 3.05) is 5.32 Å². The molecule has 4 heteroatoms. The fraction of sp³-hybridized carbons (Fsp3) is 0. The topological polar surface area (TPSA) is 34.0 Å². The van der Waals surface area contributed by atoms with Gasteiger partial charge in [-0.25, -0.2) is 4.79 Å². The number of aromatic nitrogens is 1. The molecule has 94 valence electrons. The minimum atomic E-state index is -0.196. The molecule has 0 saturated heterocycles. The minimum absolute atomic E-state index is 0.196. The zero-order valence-electron chi connectivity index (χ0n) is 10.0. The smallest absolute Gasteiger partial charge is 0.307 e.